The van der Waals surface area contributed by atoms with Crippen molar-refractivity contribution in [3.63, 3.8) is 0 Å². The maximum atomic E-state index is 4.35. The lowest BCUT2D eigenvalue weighted by atomic mass is 9.86. The van der Waals surface area contributed by atoms with Gasteiger partial charge >= 0.3 is 0 Å². The SMILES string of the molecule is Cn1cc2cc(C(C)(C)C)ccc2n1.Cn1ccc2cc(C(C)(C)C)ccc21. The molecule has 0 aliphatic carbocycles. The van der Waals surface area contributed by atoms with E-state index in [-0.39, 0.29) is 10.8 Å². The second kappa shape index (κ2) is 7.12. The molecule has 0 saturated heterocycles. The van der Waals surface area contributed by atoms with Crippen molar-refractivity contribution in [1.29, 1.82) is 0 Å². The van der Waals surface area contributed by atoms with Gasteiger partial charge in [-0.25, -0.2) is 0 Å². The van der Waals surface area contributed by atoms with E-state index in [1.165, 1.54) is 27.4 Å². The van der Waals surface area contributed by atoms with Crippen LogP contribution in [0.3, 0.4) is 0 Å². The fourth-order valence-electron chi connectivity index (χ4n) is 3.36. The molecule has 0 aliphatic rings. The molecule has 4 rings (SSSR count). The van der Waals surface area contributed by atoms with Crippen LogP contribution in [0.4, 0.5) is 0 Å². The van der Waals surface area contributed by atoms with E-state index < -0.39 is 0 Å². The first-order chi connectivity index (χ1) is 12.9. The van der Waals surface area contributed by atoms with Crippen molar-refractivity contribution in [1.82, 2.24) is 14.3 Å². The number of rotatable bonds is 0. The molecular weight excluding hydrogens is 342 g/mol. The average molecular weight is 376 g/mol. The Morgan fingerprint density at radius 1 is 0.714 bits per heavy atom. The molecule has 0 amide bonds. The number of aryl methyl sites for hydroxylation is 2. The van der Waals surface area contributed by atoms with Gasteiger partial charge in [0.25, 0.3) is 0 Å². The summed E-state index contributed by atoms with van der Waals surface area (Å²) in [6, 6.07) is 15.4. The quantitative estimate of drug-likeness (QED) is 0.351. The largest absolute Gasteiger partial charge is 0.351 e. The lowest BCUT2D eigenvalue weighted by molar-refractivity contribution is 0.591. The number of hydrogen-bond acceptors (Lipinski definition) is 1. The van der Waals surface area contributed by atoms with Gasteiger partial charge in [-0.05, 0) is 57.7 Å². The molecule has 2 aromatic heterocycles. The molecule has 4 aromatic rings. The summed E-state index contributed by atoms with van der Waals surface area (Å²) in [5.41, 5.74) is 5.58. The van der Waals surface area contributed by atoms with Crippen LogP contribution < -0.4 is 0 Å². The van der Waals surface area contributed by atoms with Crippen LogP contribution in [-0.2, 0) is 24.9 Å². The van der Waals surface area contributed by atoms with Crippen LogP contribution in [0.5, 0.6) is 0 Å². The molecule has 0 spiro atoms. The molecule has 0 saturated carbocycles. The van der Waals surface area contributed by atoms with E-state index in [2.05, 4.69) is 113 Å². The van der Waals surface area contributed by atoms with Crippen molar-refractivity contribution in [2.75, 3.05) is 0 Å². The molecule has 3 nitrogen and oxygen atoms in total. The molecule has 0 bridgehead atoms. The van der Waals surface area contributed by atoms with Crippen LogP contribution in [0.2, 0.25) is 0 Å². The second-order valence-corrected chi connectivity index (χ2v) is 9.78. The Labute approximate surface area is 169 Å². The van der Waals surface area contributed by atoms with Crippen LogP contribution in [0.25, 0.3) is 21.8 Å². The highest BCUT2D eigenvalue weighted by Gasteiger charge is 2.15. The first-order valence-electron chi connectivity index (χ1n) is 9.94. The van der Waals surface area contributed by atoms with Gasteiger partial charge in [-0.3, -0.25) is 4.68 Å². The first-order valence-corrected chi connectivity index (χ1v) is 9.94. The minimum atomic E-state index is 0.212. The molecule has 148 valence electrons. The van der Waals surface area contributed by atoms with Gasteiger partial charge in [0, 0.05) is 37.4 Å². The Hall–Kier alpha value is -2.55. The van der Waals surface area contributed by atoms with Crippen molar-refractivity contribution in [2.24, 2.45) is 14.1 Å². The van der Waals surface area contributed by atoms with Crippen LogP contribution in [0, 0.1) is 0 Å². The number of nitrogens with zero attached hydrogens (tertiary/aromatic N) is 3. The van der Waals surface area contributed by atoms with E-state index in [0.717, 1.165) is 5.52 Å². The predicted molar refractivity (Wildman–Crippen MR) is 121 cm³/mol. The lowest BCUT2D eigenvalue weighted by Crippen LogP contribution is -2.10. The maximum absolute atomic E-state index is 4.35. The molecular formula is C25H33N3. The molecule has 0 N–H and O–H groups in total. The van der Waals surface area contributed by atoms with Gasteiger partial charge in [-0.15, -0.1) is 0 Å². The summed E-state index contributed by atoms with van der Waals surface area (Å²) in [6.07, 6.45) is 4.17. The molecule has 2 heterocycles. The van der Waals surface area contributed by atoms with E-state index in [9.17, 15) is 0 Å². The Balaban J connectivity index is 0.000000161. The molecule has 28 heavy (non-hydrogen) atoms. The smallest absolute Gasteiger partial charge is 0.0923 e. The molecule has 3 heteroatoms. The summed E-state index contributed by atoms with van der Waals surface area (Å²) in [4.78, 5) is 0. The van der Waals surface area contributed by atoms with Gasteiger partial charge in [0.05, 0.1) is 5.52 Å². The normalized spacial score (nSPS) is 12.3. The lowest BCUT2D eigenvalue weighted by Gasteiger charge is -2.18. The topological polar surface area (TPSA) is 22.8 Å². The molecule has 0 radical (unpaired) electrons. The van der Waals surface area contributed by atoms with Crippen LogP contribution >= 0.6 is 0 Å². The van der Waals surface area contributed by atoms with E-state index >= 15 is 0 Å². The Morgan fingerprint density at radius 3 is 1.89 bits per heavy atom. The van der Waals surface area contributed by atoms with Crippen LogP contribution in [0.15, 0.2) is 54.9 Å². The average Bonchev–Trinajstić information content (AvgIpc) is 3.14. The molecule has 0 atom stereocenters. The van der Waals surface area contributed by atoms with Crippen molar-refractivity contribution in [3.05, 3.63) is 66.0 Å². The van der Waals surface area contributed by atoms with Crippen molar-refractivity contribution >= 4 is 21.8 Å². The molecule has 2 aromatic carbocycles. The van der Waals surface area contributed by atoms with E-state index in [4.69, 9.17) is 0 Å². The number of benzene rings is 2. The second-order valence-electron chi connectivity index (χ2n) is 9.78. The third-order valence-corrected chi connectivity index (χ3v) is 5.24. The molecule has 0 unspecified atom stereocenters. The predicted octanol–water partition coefficient (Wildman–Crippen LogP) is 6.35. The van der Waals surface area contributed by atoms with E-state index in [1.54, 1.807) is 0 Å². The van der Waals surface area contributed by atoms with Gasteiger partial charge in [0.2, 0.25) is 0 Å². The fourth-order valence-corrected chi connectivity index (χ4v) is 3.36. The minimum absolute atomic E-state index is 0.212. The Kier molecular flexibility index (Phi) is 5.14. The fraction of sp³-hybridized carbons (Fsp3) is 0.400. The zero-order valence-corrected chi connectivity index (χ0v) is 18.5. The van der Waals surface area contributed by atoms with Crippen molar-refractivity contribution in [2.45, 2.75) is 52.4 Å². The van der Waals surface area contributed by atoms with Crippen LogP contribution in [-0.4, -0.2) is 14.3 Å². The highest BCUT2D eigenvalue weighted by molar-refractivity contribution is 5.81. The van der Waals surface area contributed by atoms with Crippen molar-refractivity contribution < 1.29 is 0 Å². The number of hydrogen-bond donors (Lipinski definition) is 0. The highest BCUT2D eigenvalue weighted by atomic mass is 15.2. The zero-order chi connectivity index (χ0) is 20.7. The summed E-state index contributed by atoms with van der Waals surface area (Å²) in [7, 11) is 4.04. The minimum Gasteiger partial charge on any atom is -0.351 e. The van der Waals surface area contributed by atoms with Crippen molar-refractivity contribution in [3.8, 4) is 0 Å². The molecule has 0 fully saturated rings. The summed E-state index contributed by atoms with van der Waals surface area (Å²) >= 11 is 0. The Bertz CT molecular complexity index is 1080. The van der Waals surface area contributed by atoms with E-state index in [1.807, 2.05) is 11.7 Å². The number of aromatic nitrogens is 3. The Morgan fingerprint density at radius 2 is 1.29 bits per heavy atom. The maximum Gasteiger partial charge on any atom is 0.0923 e. The standard InChI is InChI=1S/C13H17N.C12H16N2/c1-13(2,3)11-5-6-12-10(9-11)7-8-14(12)4;1-12(2,3)10-5-6-11-9(7-10)8-14(4)13-11/h5-9H,1-4H3;5-8H,1-4H3. The summed E-state index contributed by atoms with van der Waals surface area (Å²) in [5.74, 6) is 0. The third kappa shape index (κ3) is 4.30. The molecule has 0 aliphatic heterocycles. The monoisotopic (exact) mass is 375 g/mol. The zero-order valence-electron chi connectivity index (χ0n) is 18.5. The first kappa shape index (κ1) is 20.2. The van der Waals surface area contributed by atoms with Gasteiger partial charge in [-0.2, -0.15) is 5.10 Å². The van der Waals surface area contributed by atoms with Gasteiger partial charge in [-0.1, -0.05) is 53.7 Å². The van der Waals surface area contributed by atoms with Gasteiger partial charge < -0.3 is 4.57 Å². The van der Waals surface area contributed by atoms with Gasteiger partial charge in [0.15, 0.2) is 0 Å². The number of fused-ring (bicyclic) bond motifs is 2. The summed E-state index contributed by atoms with van der Waals surface area (Å²) in [6.45, 7) is 13.4. The summed E-state index contributed by atoms with van der Waals surface area (Å²) < 4.78 is 4.01. The van der Waals surface area contributed by atoms with Crippen LogP contribution in [0.1, 0.15) is 52.7 Å². The highest BCUT2D eigenvalue weighted by Crippen LogP contribution is 2.26. The van der Waals surface area contributed by atoms with E-state index in [0.29, 0.717) is 0 Å². The van der Waals surface area contributed by atoms with Gasteiger partial charge in [0.1, 0.15) is 0 Å². The third-order valence-electron chi connectivity index (χ3n) is 5.24. The summed E-state index contributed by atoms with van der Waals surface area (Å²) in [5, 5.41) is 6.91.